The van der Waals surface area contributed by atoms with Crippen molar-refractivity contribution in [2.24, 2.45) is 0 Å². The van der Waals surface area contributed by atoms with Crippen LogP contribution in [-0.2, 0) is 38.3 Å². The minimum atomic E-state index is -0.547. The van der Waals surface area contributed by atoms with Crippen LogP contribution in [0.2, 0.25) is 0 Å². The quantitative estimate of drug-likeness (QED) is 0.0703. The minimum Gasteiger partial charge on any atom is -0.508 e. The molecular weight excluding hydrogens is 1840 g/mol. The Balaban J connectivity index is 0.000000102. The van der Waals surface area contributed by atoms with Crippen molar-refractivity contribution in [2.45, 2.75) is 203 Å². The summed E-state index contributed by atoms with van der Waals surface area (Å²) in [4.78, 5) is 0. The molecule has 3 spiro atoms. The number of ether oxygens (including phenoxy) is 9. The second-order valence-corrected chi connectivity index (χ2v) is 42.4. The Morgan fingerprint density at radius 2 is 0.503 bits per heavy atom. The molecule has 2 saturated carbocycles. The predicted molar refractivity (Wildman–Crippen MR) is 576 cm³/mol. The van der Waals surface area contributed by atoms with Gasteiger partial charge in [0.1, 0.15) is 138 Å². The molecule has 2 aliphatic carbocycles. The highest BCUT2D eigenvalue weighted by atomic mass is 19.1. The lowest BCUT2D eigenvalue weighted by Crippen LogP contribution is -2.53. The molecule has 16 aromatic carbocycles. The van der Waals surface area contributed by atoms with Crippen molar-refractivity contribution in [1.82, 2.24) is 0 Å². The number of aryl methyl sites for hydroxylation is 10. The normalized spacial score (nSPS) is 16.8. The molecule has 27 rings (SSSR count). The average molecular weight is 1960 g/mol. The van der Waals surface area contributed by atoms with Gasteiger partial charge in [0.25, 0.3) is 0 Å². The van der Waals surface area contributed by atoms with Crippen LogP contribution >= 0.6 is 0 Å². The van der Waals surface area contributed by atoms with E-state index in [0.29, 0.717) is 24.5 Å². The van der Waals surface area contributed by atoms with Gasteiger partial charge in [-0.1, -0.05) is 190 Å². The predicted octanol–water partition coefficient (Wildman–Crippen LogP) is 31.3. The van der Waals surface area contributed by atoms with E-state index in [-0.39, 0.29) is 86.2 Å². The third-order valence-corrected chi connectivity index (χ3v) is 29.7. The Kier molecular flexibility index (Phi) is 25.3. The van der Waals surface area contributed by atoms with E-state index in [1.165, 1.54) is 129 Å². The molecule has 147 heavy (non-hydrogen) atoms. The topological polar surface area (TPSA) is 245 Å². The molecule has 0 amide bonds. The number of hydrogen-bond acceptors (Lipinski definition) is 17. The number of phenolic OH excluding ortho intramolecular Hbond substituents is 8. The van der Waals surface area contributed by atoms with Gasteiger partial charge in [0, 0.05) is 138 Å². The number of rotatable bonds is 0. The molecule has 11 aliphatic rings. The monoisotopic (exact) mass is 1960 g/mol. The van der Waals surface area contributed by atoms with Gasteiger partial charge >= 0.3 is 0 Å². The van der Waals surface area contributed by atoms with Crippen molar-refractivity contribution in [3.63, 3.8) is 0 Å². The van der Waals surface area contributed by atoms with Crippen LogP contribution in [0.4, 0.5) is 4.39 Å². The summed E-state index contributed by atoms with van der Waals surface area (Å²) in [7, 11) is 0. The third kappa shape index (κ3) is 18.9. The third-order valence-electron chi connectivity index (χ3n) is 29.7. The Bertz CT molecular complexity index is 7740. The van der Waals surface area contributed by atoms with Crippen LogP contribution < -0.4 is 37.9 Å². The number of hydrogen-bond donors (Lipinski definition) is 8. The first kappa shape index (κ1) is 98.6. The summed E-state index contributed by atoms with van der Waals surface area (Å²) < 4.78 is 67.7. The van der Waals surface area contributed by atoms with E-state index >= 15 is 0 Å². The standard InChI is InChI=1S/C17H16O2.C17H18O2.C16H15FO2.C16H14O3.C16H14O2.2C16H16O2.C15H14O2/c1-11-3-5-13-14-6-4-12(18)10-16(14)19-17(7-2-8-17)15(13)9-11;1-10-5-6-12-13-8-11(2)15(18)9-16(13)19-17(3,4)14(12)7-10;1-9-4-5-11-12(6-9)16(2,3)19-14-8-10(18)7-13(17)15(11)14;1-10-2-4-12-13-5-3-11(17)7-15(13)19-16(8-18-9-16)14(12)6-10;1-10-2-4-12-13-5-3-11(17)9-15(13)18-16(6-7-16)14(12)8-10;1-10-4-6-12-13-7-5-11(17)9-15(13)18-16(2,3)14(12)8-10;1-9-4-5-12-13(6-9)11(3)18-16-8-15(17)10(2)7-14(12)16;1-9-3-5-12-13-6-4-11(16)8-15(13)17-10(2)14(12)7-9/h3-6,9-10,18H,2,7-8H2,1H3;5-9,18H,1-4H3;4-8,18H,1-3H3;2-7,17H,8-9H2,1H3;2-5,8-9,17H,6-7H2,1H3;4-9,17H,1-3H3;4-8,11,17H,1-3H3;3-8,10,16H,1-2H3. The molecule has 9 heterocycles. The van der Waals surface area contributed by atoms with Gasteiger partial charge in [-0.3, -0.25) is 0 Å². The second kappa shape index (κ2) is 37.7. The molecule has 8 N–H and O–H groups in total. The second-order valence-electron chi connectivity index (χ2n) is 42.4. The van der Waals surface area contributed by atoms with E-state index in [1.54, 1.807) is 72.8 Å². The van der Waals surface area contributed by atoms with Gasteiger partial charge in [0.15, 0.2) is 5.60 Å². The Morgan fingerprint density at radius 3 is 0.878 bits per heavy atom. The summed E-state index contributed by atoms with van der Waals surface area (Å²) in [5.74, 6) is 7.00. The molecule has 16 aromatic rings. The van der Waals surface area contributed by atoms with Crippen LogP contribution in [-0.4, -0.2) is 54.1 Å². The Morgan fingerprint density at radius 1 is 0.238 bits per heavy atom. The smallest absolute Gasteiger partial charge is 0.181 e. The molecular formula is C129H123FO17. The molecule has 0 bridgehead atoms. The number of aromatic hydroxyl groups is 8. The first-order chi connectivity index (χ1) is 70.0. The van der Waals surface area contributed by atoms with Gasteiger partial charge in [0.2, 0.25) is 0 Å². The molecule has 2 unspecified atom stereocenters. The van der Waals surface area contributed by atoms with Crippen LogP contribution in [0.5, 0.6) is 92.0 Å². The van der Waals surface area contributed by atoms with Gasteiger partial charge < -0.3 is 83.5 Å². The lowest BCUT2D eigenvalue weighted by Gasteiger charge is -2.46. The summed E-state index contributed by atoms with van der Waals surface area (Å²) >= 11 is 0. The molecule has 1 saturated heterocycles. The van der Waals surface area contributed by atoms with E-state index in [1.807, 2.05) is 109 Å². The van der Waals surface area contributed by atoms with Crippen molar-refractivity contribution in [3.05, 3.63) is 379 Å². The SMILES string of the molecule is Cc1ccc2c(c1)C(C)(C)Oc1cc(O)c(C)cc1-2.Cc1ccc2c(c1)C(C)(C)Oc1cc(O)cc(F)c1-2.Cc1ccc2c(c1)C(C)(C)Oc1cc(O)ccc1-2.Cc1ccc2c(c1)C(C)Oc1cc(O)c(C)cc1-2.Cc1ccc2c(c1)C(C)Oc1cc(O)ccc1-2.Cc1ccc2c(c1)C1(CC1)Oc1cc(O)ccc1-2.Cc1ccc2c(c1)C1(CCC1)Oc1cc(O)ccc1-2.Cc1ccc2c(c1)C1(COC1)Oc1cc(O)ccc1-2. The lowest BCUT2D eigenvalue weighted by molar-refractivity contribution is -0.169. The highest BCUT2D eigenvalue weighted by Gasteiger charge is 2.53. The Hall–Kier alpha value is -15.8. The van der Waals surface area contributed by atoms with Crippen molar-refractivity contribution in [2.75, 3.05) is 13.2 Å². The van der Waals surface area contributed by atoms with E-state index in [9.17, 15) is 45.2 Å². The average Bonchev–Trinajstić information content (AvgIpc) is 1.64. The zero-order valence-electron chi connectivity index (χ0n) is 86.2. The van der Waals surface area contributed by atoms with Gasteiger partial charge in [-0.2, -0.15) is 0 Å². The maximum Gasteiger partial charge on any atom is 0.181 e. The van der Waals surface area contributed by atoms with Gasteiger partial charge in [-0.15, -0.1) is 0 Å². The summed E-state index contributed by atoms with van der Waals surface area (Å²) in [6, 6.07) is 87.7. The maximum atomic E-state index is 14.1. The van der Waals surface area contributed by atoms with E-state index in [4.69, 9.17) is 42.6 Å². The number of fused-ring (bicyclic) bond motifs is 27. The van der Waals surface area contributed by atoms with Gasteiger partial charge in [-0.25, -0.2) is 4.39 Å². The fourth-order valence-electron chi connectivity index (χ4n) is 21.6. The molecule has 17 nitrogen and oxygen atoms in total. The Labute approximate surface area is 858 Å². The van der Waals surface area contributed by atoms with Crippen LogP contribution in [0.15, 0.2) is 273 Å². The molecule has 3 fully saturated rings. The molecule has 2 atom stereocenters. The zero-order valence-corrected chi connectivity index (χ0v) is 86.2. The number of phenols is 8. The van der Waals surface area contributed by atoms with Crippen molar-refractivity contribution >= 4 is 0 Å². The lowest BCUT2D eigenvalue weighted by atomic mass is 9.70. The summed E-state index contributed by atoms with van der Waals surface area (Å²) in [5, 5.41) is 77.1. The summed E-state index contributed by atoms with van der Waals surface area (Å²) in [5.41, 5.74) is 36.3. The van der Waals surface area contributed by atoms with Crippen LogP contribution in [0.3, 0.4) is 0 Å². The number of benzene rings is 16. The van der Waals surface area contributed by atoms with Crippen molar-refractivity contribution in [1.29, 1.82) is 0 Å². The molecule has 18 heteroatoms. The highest BCUT2D eigenvalue weighted by molar-refractivity contribution is 5.86. The minimum absolute atomic E-state index is 0.0227. The molecule has 0 radical (unpaired) electrons. The fraction of sp³-hybridized carbons (Fsp3) is 0.256. The zero-order chi connectivity index (χ0) is 104. The highest BCUT2D eigenvalue weighted by Crippen LogP contribution is 2.61. The molecule has 9 aliphatic heterocycles. The largest absolute Gasteiger partial charge is 0.508 e. The number of halogens is 1. The van der Waals surface area contributed by atoms with Gasteiger partial charge in [-0.05, 0) is 285 Å². The first-order valence-corrected chi connectivity index (χ1v) is 50.3. The maximum absolute atomic E-state index is 14.1. The van der Waals surface area contributed by atoms with E-state index in [2.05, 4.69) is 204 Å². The van der Waals surface area contributed by atoms with Crippen molar-refractivity contribution in [3.8, 4) is 181 Å². The van der Waals surface area contributed by atoms with Gasteiger partial charge in [0.05, 0.1) is 18.8 Å². The van der Waals surface area contributed by atoms with E-state index < -0.39 is 11.4 Å². The fourth-order valence-corrected chi connectivity index (χ4v) is 21.6. The van der Waals surface area contributed by atoms with E-state index in [0.717, 1.165) is 139 Å². The van der Waals surface area contributed by atoms with Crippen LogP contribution in [0.25, 0.3) is 89.0 Å². The van der Waals surface area contributed by atoms with Crippen LogP contribution in [0.1, 0.15) is 200 Å². The summed E-state index contributed by atoms with van der Waals surface area (Å²) in [6.07, 6.45) is 5.53. The van der Waals surface area contributed by atoms with Crippen LogP contribution in [0, 0.1) is 75.1 Å². The molecule has 0 aromatic heterocycles. The first-order valence-electron chi connectivity index (χ1n) is 50.3. The van der Waals surface area contributed by atoms with Crippen molar-refractivity contribution < 1.29 is 87.9 Å². The summed E-state index contributed by atoms with van der Waals surface area (Å²) in [6.45, 7) is 37.8. The molecule has 748 valence electrons.